The summed E-state index contributed by atoms with van der Waals surface area (Å²) in [7, 11) is 0. The lowest BCUT2D eigenvalue weighted by atomic mass is 9.80. The molecule has 150 valence electrons. The van der Waals surface area contributed by atoms with E-state index in [1.807, 2.05) is 25.7 Å². The van der Waals surface area contributed by atoms with Crippen LogP contribution in [0, 0.1) is 5.41 Å². The maximum Gasteiger partial charge on any atom is 0.236 e. The van der Waals surface area contributed by atoms with E-state index in [-0.39, 0.29) is 28.8 Å². The Kier molecular flexibility index (Phi) is 6.69. The molecule has 2 amide bonds. The molecule has 0 aromatic heterocycles. The summed E-state index contributed by atoms with van der Waals surface area (Å²) in [4.78, 5) is 31.0. The Morgan fingerprint density at radius 2 is 1.65 bits per heavy atom. The predicted molar refractivity (Wildman–Crippen MR) is 104 cm³/mol. The Balaban J connectivity index is 1.74. The van der Waals surface area contributed by atoms with Gasteiger partial charge < -0.3 is 16.0 Å². The van der Waals surface area contributed by atoms with Crippen LogP contribution in [0.1, 0.15) is 41.0 Å². The Bertz CT molecular complexity index is 507. The van der Waals surface area contributed by atoms with Crippen LogP contribution in [0.2, 0.25) is 0 Å². The highest BCUT2D eigenvalue weighted by atomic mass is 16.2. The van der Waals surface area contributed by atoms with Gasteiger partial charge in [0.1, 0.15) is 0 Å². The van der Waals surface area contributed by atoms with E-state index in [2.05, 4.69) is 29.0 Å². The SMILES string of the molecule is CC(C)(C)NC(=O)CN1CCN(C(=O)CN2CCC(N)C(C)(C)C2)CC1. The average Bonchev–Trinajstić information content (AvgIpc) is 2.49. The molecule has 3 N–H and O–H groups in total. The van der Waals surface area contributed by atoms with Crippen LogP contribution in [0.15, 0.2) is 0 Å². The van der Waals surface area contributed by atoms with Crippen LogP contribution in [0.4, 0.5) is 0 Å². The van der Waals surface area contributed by atoms with Gasteiger partial charge in [-0.2, -0.15) is 0 Å². The van der Waals surface area contributed by atoms with Crippen molar-refractivity contribution in [2.75, 3.05) is 52.4 Å². The van der Waals surface area contributed by atoms with Crippen molar-refractivity contribution in [2.45, 2.75) is 52.6 Å². The van der Waals surface area contributed by atoms with E-state index in [1.165, 1.54) is 0 Å². The van der Waals surface area contributed by atoms with Crippen molar-refractivity contribution in [1.29, 1.82) is 0 Å². The van der Waals surface area contributed by atoms with Crippen LogP contribution < -0.4 is 11.1 Å². The minimum Gasteiger partial charge on any atom is -0.350 e. The Morgan fingerprint density at radius 1 is 1.04 bits per heavy atom. The molecule has 0 aromatic carbocycles. The molecule has 26 heavy (non-hydrogen) atoms. The molecule has 0 spiro atoms. The van der Waals surface area contributed by atoms with Crippen molar-refractivity contribution in [2.24, 2.45) is 11.1 Å². The van der Waals surface area contributed by atoms with E-state index in [0.29, 0.717) is 26.2 Å². The van der Waals surface area contributed by atoms with Crippen LogP contribution in [-0.2, 0) is 9.59 Å². The number of amides is 2. The van der Waals surface area contributed by atoms with E-state index in [9.17, 15) is 9.59 Å². The lowest BCUT2D eigenvalue weighted by Gasteiger charge is -2.43. The molecule has 0 bridgehead atoms. The van der Waals surface area contributed by atoms with Gasteiger partial charge in [-0.05, 0) is 32.6 Å². The molecule has 1 unspecified atom stereocenters. The molecule has 7 heteroatoms. The summed E-state index contributed by atoms with van der Waals surface area (Å²) in [5.41, 5.74) is 6.03. The van der Waals surface area contributed by atoms with Crippen molar-refractivity contribution in [3.05, 3.63) is 0 Å². The first-order chi connectivity index (χ1) is 12.0. The van der Waals surface area contributed by atoms with Gasteiger partial charge in [0.2, 0.25) is 11.8 Å². The van der Waals surface area contributed by atoms with E-state index in [4.69, 9.17) is 5.73 Å². The second-order valence-electron chi connectivity index (χ2n) is 9.55. The van der Waals surface area contributed by atoms with Gasteiger partial charge in [-0.3, -0.25) is 19.4 Å². The first kappa shape index (κ1) is 21.1. The lowest BCUT2D eigenvalue weighted by Crippen LogP contribution is -2.57. The lowest BCUT2D eigenvalue weighted by molar-refractivity contribution is -0.135. The van der Waals surface area contributed by atoms with Gasteiger partial charge in [-0.1, -0.05) is 13.8 Å². The molecular formula is C19H37N5O2. The van der Waals surface area contributed by atoms with Crippen molar-refractivity contribution in [3.63, 3.8) is 0 Å². The molecule has 2 aliphatic heterocycles. The minimum absolute atomic E-state index is 0.0455. The third-order valence-electron chi connectivity index (χ3n) is 5.36. The van der Waals surface area contributed by atoms with Gasteiger partial charge in [0, 0.05) is 50.8 Å². The largest absolute Gasteiger partial charge is 0.350 e. The molecule has 7 nitrogen and oxygen atoms in total. The van der Waals surface area contributed by atoms with Gasteiger partial charge in [-0.25, -0.2) is 0 Å². The van der Waals surface area contributed by atoms with E-state index < -0.39 is 0 Å². The summed E-state index contributed by atoms with van der Waals surface area (Å²) in [5.74, 6) is 0.235. The maximum atomic E-state index is 12.6. The zero-order chi connectivity index (χ0) is 19.5. The number of carbonyl (C=O) groups excluding carboxylic acids is 2. The number of hydrogen-bond donors (Lipinski definition) is 2. The van der Waals surface area contributed by atoms with Gasteiger partial charge in [0.25, 0.3) is 0 Å². The topological polar surface area (TPSA) is 81.9 Å². The minimum atomic E-state index is -0.209. The molecule has 0 saturated carbocycles. The zero-order valence-electron chi connectivity index (χ0n) is 17.2. The Labute approximate surface area is 158 Å². The number of nitrogens with one attached hydrogen (secondary N) is 1. The molecule has 2 heterocycles. The maximum absolute atomic E-state index is 12.6. The number of nitrogens with two attached hydrogens (primary N) is 1. The molecule has 0 aliphatic carbocycles. The number of nitrogens with zero attached hydrogens (tertiary/aromatic N) is 3. The monoisotopic (exact) mass is 367 g/mol. The highest BCUT2D eigenvalue weighted by Gasteiger charge is 2.34. The summed E-state index contributed by atoms with van der Waals surface area (Å²) in [6, 6.07) is 0.205. The van der Waals surface area contributed by atoms with Crippen LogP contribution >= 0.6 is 0 Å². The molecule has 2 rings (SSSR count). The number of hydrogen-bond acceptors (Lipinski definition) is 5. The van der Waals surface area contributed by atoms with E-state index in [1.54, 1.807) is 0 Å². The molecular weight excluding hydrogens is 330 g/mol. The third kappa shape index (κ3) is 6.21. The number of piperazine rings is 1. The first-order valence-electron chi connectivity index (χ1n) is 9.75. The van der Waals surface area contributed by atoms with Crippen LogP contribution in [0.3, 0.4) is 0 Å². The molecule has 2 saturated heterocycles. The second kappa shape index (κ2) is 8.23. The summed E-state index contributed by atoms with van der Waals surface area (Å²) >= 11 is 0. The Hall–Kier alpha value is -1.18. The molecule has 1 atom stereocenters. The summed E-state index contributed by atoms with van der Waals surface area (Å²) in [5, 5.41) is 2.99. The van der Waals surface area contributed by atoms with Gasteiger partial charge >= 0.3 is 0 Å². The smallest absolute Gasteiger partial charge is 0.236 e. The fourth-order valence-electron chi connectivity index (χ4n) is 3.73. The van der Waals surface area contributed by atoms with Crippen molar-refractivity contribution >= 4 is 11.8 Å². The van der Waals surface area contributed by atoms with Crippen molar-refractivity contribution in [1.82, 2.24) is 20.0 Å². The fraction of sp³-hybridized carbons (Fsp3) is 0.895. The van der Waals surface area contributed by atoms with Gasteiger partial charge in [-0.15, -0.1) is 0 Å². The highest BCUT2D eigenvalue weighted by molar-refractivity contribution is 5.79. The summed E-state index contributed by atoms with van der Waals surface area (Å²) in [6.07, 6.45) is 0.941. The summed E-state index contributed by atoms with van der Waals surface area (Å²) in [6.45, 7) is 15.8. The van der Waals surface area contributed by atoms with Gasteiger partial charge in [0.15, 0.2) is 0 Å². The second-order valence-corrected chi connectivity index (χ2v) is 9.55. The van der Waals surface area contributed by atoms with Gasteiger partial charge in [0.05, 0.1) is 13.1 Å². The van der Waals surface area contributed by atoms with Crippen molar-refractivity contribution < 1.29 is 9.59 Å². The molecule has 0 aromatic rings. The first-order valence-corrected chi connectivity index (χ1v) is 9.75. The van der Waals surface area contributed by atoms with Crippen LogP contribution in [0.25, 0.3) is 0 Å². The highest BCUT2D eigenvalue weighted by Crippen LogP contribution is 2.27. The number of carbonyl (C=O) groups is 2. The van der Waals surface area contributed by atoms with E-state index >= 15 is 0 Å². The van der Waals surface area contributed by atoms with Crippen LogP contribution in [0.5, 0.6) is 0 Å². The third-order valence-corrected chi connectivity index (χ3v) is 5.36. The molecule has 2 fully saturated rings. The van der Waals surface area contributed by atoms with E-state index in [0.717, 1.165) is 32.6 Å². The number of rotatable bonds is 4. The number of piperidine rings is 1. The fourth-order valence-corrected chi connectivity index (χ4v) is 3.73. The normalized spacial score (nSPS) is 25.2. The predicted octanol–water partition coefficient (Wildman–Crippen LogP) is 0.105. The summed E-state index contributed by atoms with van der Waals surface area (Å²) < 4.78 is 0. The average molecular weight is 368 g/mol. The standard InChI is InChI=1S/C19H37N5O2/c1-18(2,3)21-16(25)12-22-8-10-24(11-9-22)17(26)13-23-7-6-15(20)19(4,5)14-23/h15H,6-14,20H2,1-5H3,(H,21,25). The Morgan fingerprint density at radius 3 is 2.19 bits per heavy atom. The van der Waals surface area contributed by atoms with Crippen LogP contribution in [-0.4, -0.2) is 90.5 Å². The van der Waals surface area contributed by atoms with Crippen molar-refractivity contribution in [3.8, 4) is 0 Å². The number of likely N-dealkylation sites (tertiary alicyclic amines) is 1. The molecule has 2 aliphatic rings. The quantitative estimate of drug-likeness (QED) is 0.737. The zero-order valence-corrected chi connectivity index (χ0v) is 17.2. The molecule has 0 radical (unpaired) electrons.